The Balaban J connectivity index is 1.57. The van der Waals surface area contributed by atoms with Crippen LogP contribution < -0.4 is 21.3 Å². The van der Waals surface area contributed by atoms with Crippen LogP contribution in [0.25, 0.3) is 16.6 Å². The van der Waals surface area contributed by atoms with E-state index >= 15 is 0 Å². The van der Waals surface area contributed by atoms with E-state index in [0.717, 1.165) is 28.0 Å². The number of H-pyrrole nitrogens is 1. The van der Waals surface area contributed by atoms with Crippen LogP contribution in [0.15, 0.2) is 68.4 Å². The van der Waals surface area contributed by atoms with Crippen molar-refractivity contribution in [1.29, 1.82) is 0 Å². The Hall–Kier alpha value is -3.48. The second-order valence-corrected chi connectivity index (χ2v) is 10.0. The van der Waals surface area contributed by atoms with Gasteiger partial charge in [0.2, 0.25) is 0 Å². The highest BCUT2D eigenvalue weighted by molar-refractivity contribution is 7.92. The maximum atomic E-state index is 13.5. The molecule has 0 atom stereocenters. The Morgan fingerprint density at radius 1 is 1.06 bits per heavy atom. The van der Waals surface area contributed by atoms with E-state index in [1.54, 1.807) is 0 Å². The lowest BCUT2D eigenvalue weighted by atomic mass is 10.2. The third-order valence-corrected chi connectivity index (χ3v) is 7.34. The first-order valence-corrected chi connectivity index (χ1v) is 11.5. The standard InChI is InChI=1S/C19H12ClFN4O5S2/c20-15-7-8-16(31-15)32(29,30)24-18(27)22-11-2-4-12(5-3-11)25-17(26)13-9-10(21)1-6-14(13)23-19(25)28/h1-9H,(H,23,28)(H2,22,24,27). The van der Waals surface area contributed by atoms with Crippen LogP contribution in [0.3, 0.4) is 0 Å². The fourth-order valence-electron chi connectivity index (χ4n) is 2.89. The number of urea groups is 1. The zero-order chi connectivity index (χ0) is 23.0. The Kier molecular flexibility index (Phi) is 5.59. The smallest absolute Gasteiger partial charge is 0.307 e. The molecule has 0 aliphatic heterocycles. The van der Waals surface area contributed by atoms with E-state index in [2.05, 4.69) is 10.3 Å². The average Bonchev–Trinajstić information content (AvgIpc) is 3.17. The molecule has 2 aromatic heterocycles. The van der Waals surface area contributed by atoms with Gasteiger partial charge >= 0.3 is 11.7 Å². The number of fused-ring (bicyclic) bond motifs is 1. The summed E-state index contributed by atoms with van der Waals surface area (Å²) in [6, 6.07) is 10.5. The van der Waals surface area contributed by atoms with Crippen LogP contribution >= 0.6 is 22.9 Å². The van der Waals surface area contributed by atoms with Gasteiger partial charge in [-0.3, -0.25) is 4.79 Å². The van der Waals surface area contributed by atoms with Gasteiger partial charge < -0.3 is 10.3 Å². The molecule has 0 saturated carbocycles. The molecule has 4 aromatic rings. The van der Waals surface area contributed by atoms with Gasteiger partial charge in [0.15, 0.2) is 0 Å². The molecule has 9 nitrogen and oxygen atoms in total. The number of nitrogens with zero attached hydrogens (tertiary/aromatic N) is 1. The van der Waals surface area contributed by atoms with E-state index in [1.807, 2.05) is 4.72 Å². The van der Waals surface area contributed by atoms with E-state index in [-0.39, 0.29) is 30.8 Å². The molecule has 0 bridgehead atoms. The first-order valence-electron chi connectivity index (χ1n) is 8.78. The molecule has 0 aliphatic rings. The van der Waals surface area contributed by atoms with Gasteiger partial charge in [-0.25, -0.2) is 31.7 Å². The van der Waals surface area contributed by atoms with Crippen molar-refractivity contribution < 1.29 is 17.6 Å². The van der Waals surface area contributed by atoms with Gasteiger partial charge in [0.25, 0.3) is 15.6 Å². The van der Waals surface area contributed by atoms with Crippen LogP contribution in [0, 0.1) is 5.82 Å². The van der Waals surface area contributed by atoms with E-state index < -0.39 is 33.1 Å². The summed E-state index contributed by atoms with van der Waals surface area (Å²) in [6.45, 7) is 0. The number of thiophene rings is 1. The number of benzene rings is 2. The summed E-state index contributed by atoms with van der Waals surface area (Å²) in [7, 11) is -4.09. The molecule has 0 fully saturated rings. The van der Waals surface area contributed by atoms with Crippen molar-refractivity contribution >= 4 is 55.6 Å². The van der Waals surface area contributed by atoms with E-state index in [0.29, 0.717) is 0 Å². The van der Waals surface area contributed by atoms with Gasteiger partial charge in [0.1, 0.15) is 10.0 Å². The number of nitrogens with one attached hydrogen (secondary N) is 3. The fourth-order valence-corrected chi connectivity index (χ4v) is 5.28. The normalized spacial score (nSPS) is 11.4. The van der Waals surface area contributed by atoms with Crippen LogP contribution in [-0.2, 0) is 10.0 Å². The number of anilines is 1. The SMILES string of the molecule is O=C(Nc1ccc(-n2c(=O)[nH]c3ccc(F)cc3c2=O)cc1)NS(=O)(=O)c1ccc(Cl)s1. The maximum Gasteiger partial charge on any atom is 0.333 e. The number of amides is 2. The average molecular weight is 495 g/mol. The number of hydrogen-bond donors (Lipinski definition) is 3. The number of hydrogen-bond acceptors (Lipinski definition) is 6. The van der Waals surface area contributed by atoms with Gasteiger partial charge in [0.05, 0.1) is 20.9 Å². The minimum Gasteiger partial charge on any atom is -0.307 e. The lowest BCUT2D eigenvalue weighted by Crippen LogP contribution is -2.34. The monoisotopic (exact) mass is 494 g/mol. The number of carbonyl (C=O) groups is 1. The molecule has 0 aliphatic carbocycles. The molecule has 0 unspecified atom stereocenters. The predicted molar refractivity (Wildman–Crippen MR) is 119 cm³/mol. The summed E-state index contributed by atoms with van der Waals surface area (Å²) in [6.07, 6.45) is 0. The fraction of sp³-hybridized carbons (Fsp3) is 0. The first kappa shape index (κ1) is 21.7. The summed E-state index contributed by atoms with van der Waals surface area (Å²) < 4.78 is 40.6. The topological polar surface area (TPSA) is 130 Å². The van der Waals surface area contributed by atoms with Gasteiger partial charge in [0, 0.05) is 5.69 Å². The minimum atomic E-state index is -4.09. The number of aromatic amines is 1. The van der Waals surface area contributed by atoms with E-state index in [9.17, 15) is 27.2 Å². The Morgan fingerprint density at radius 3 is 2.44 bits per heavy atom. The van der Waals surface area contributed by atoms with Crippen LogP contribution in [0.2, 0.25) is 4.34 Å². The Bertz CT molecular complexity index is 1580. The highest BCUT2D eigenvalue weighted by Crippen LogP contribution is 2.25. The molecule has 0 spiro atoms. The van der Waals surface area contributed by atoms with Crippen molar-refractivity contribution in [3.8, 4) is 5.69 Å². The predicted octanol–water partition coefficient (Wildman–Crippen LogP) is 3.04. The summed E-state index contributed by atoms with van der Waals surface area (Å²) in [5.41, 5.74) is -0.896. The molecule has 32 heavy (non-hydrogen) atoms. The van der Waals surface area contributed by atoms with Crippen molar-refractivity contribution in [2.75, 3.05) is 5.32 Å². The number of rotatable bonds is 4. The molecule has 2 aromatic carbocycles. The number of aromatic nitrogens is 2. The molecular formula is C19H12ClFN4O5S2. The van der Waals surface area contributed by atoms with Crippen molar-refractivity contribution in [3.05, 3.63) is 85.6 Å². The van der Waals surface area contributed by atoms with Crippen LogP contribution in [0.1, 0.15) is 0 Å². The molecule has 2 amide bonds. The summed E-state index contributed by atoms with van der Waals surface area (Å²) >= 11 is 6.51. The van der Waals surface area contributed by atoms with E-state index in [1.165, 1.54) is 42.5 Å². The molecule has 0 radical (unpaired) electrons. The second-order valence-electron chi connectivity index (χ2n) is 6.43. The minimum absolute atomic E-state index is 0.00920. The summed E-state index contributed by atoms with van der Waals surface area (Å²) in [5, 5.41) is 2.33. The molecule has 0 saturated heterocycles. The quantitative estimate of drug-likeness (QED) is 0.401. The lowest BCUT2D eigenvalue weighted by Gasteiger charge is -2.09. The van der Waals surface area contributed by atoms with E-state index in [4.69, 9.17) is 11.6 Å². The number of carbonyl (C=O) groups excluding carboxylic acids is 1. The lowest BCUT2D eigenvalue weighted by molar-refractivity contribution is 0.256. The van der Waals surface area contributed by atoms with Gasteiger partial charge in [-0.1, -0.05) is 11.6 Å². The van der Waals surface area contributed by atoms with Crippen LogP contribution in [0.4, 0.5) is 14.9 Å². The molecule has 3 N–H and O–H groups in total. The van der Waals surface area contributed by atoms with Crippen molar-refractivity contribution in [1.82, 2.24) is 14.3 Å². The van der Waals surface area contributed by atoms with Crippen LogP contribution in [-0.4, -0.2) is 24.0 Å². The van der Waals surface area contributed by atoms with Crippen molar-refractivity contribution in [2.45, 2.75) is 4.21 Å². The first-order chi connectivity index (χ1) is 15.1. The zero-order valence-corrected chi connectivity index (χ0v) is 18.1. The molecule has 164 valence electrons. The maximum absolute atomic E-state index is 13.5. The van der Waals surface area contributed by atoms with Crippen LogP contribution in [0.5, 0.6) is 0 Å². The summed E-state index contributed by atoms with van der Waals surface area (Å²) in [4.78, 5) is 39.6. The number of halogens is 2. The third-order valence-electron chi connectivity index (χ3n) is 4.28. The van der Waals surface area contributed by atoms with Gasteiger partial charge in [-0.2, -0.15) is 0 Å². The summed E-state index contributed by atoms with van der Waals surface area (Å²) in [5.74, 6) is -0.626. The largest absolute Gasteiger partial charge is 0.333 e. The number of sulfonamides is 1. The highest BCUT2D eigenvalue weighted by atomic mass is 35.5. The second kappa shape index (κ2) is 8.22. The molecular weight excluding hydrogens is 483 g/mol. The van der Waals surface area contributed by atoms with Gasteiger partial charge in [-0.15, -0.1) is 11.3 Å². The van der Waals surface area contributed by atoms with Gasteiger partial charge in [-0.05, 0) is 54.6 Å². The molecule has 13 heteroatoms. The van der Waals surface area contributed by atoms with Crippen molar-refractivity contribution in [2.24, 2.45) is 0 Å². The molecule has 4 rings (SSSR count). The Morgan fingerprint density at radius 2 is 1.78 bits per heavy atom. The molecule has 2 heterocycles. The Labute approximate surface area is 188 Å². The highest BCUT2D eigenvalue weighted by Gasteiger charge is 2.20. The van der Waals surface area contributed by atoms with Crippen molar-refractivity contribution in [3.63, 3.8) is 0 Å². The zero-order valence-electron chi connectivity index (χ0n) is 15.8. The third kappa shape index (κ3) is 4.28.